The Labute approximate surface area is 171 Å². The second kappa shape index (κ2) is 8.80. The number of amides is 1. The summed E-state index contributed by atoms with van der Waals surface area (Å²) in [4.78, 5) is 16.5. The highest BCUT2D eigenvalue weighted by Crippen LogP contribution is 2.18. The number of thioether (sulfide) groups is 1. The molecule has 1 saturated heterocycles. The molecule has 28 heavy (non-hydrogen) atoms. The molecule has 1 fully saturated rings. The summed E-state index contributed by atoms with van der Waals surface area (Å²) in [6.07, 6.45) is 2.09. The van der Waals surface area contributed by atoms with Crippen molar-refractivity contribution in [3.05, 3.63) is 83.4 Å². The van der Waals surface area contributed by atoms with Crippen LogP contribution >= 0.6 is 11.8 Å². The number of benzene rings is 3. The largest absolute Gasteiger partial charge is 0.328 e. The number of piperazine rings is 1. The Hall–Kier alpha value is -2.30. The van der Waals surface area contributed by atoms with Crippen molar-refractivity contribution in [2.75, 3.05) is 32.4 Å². The number of fused-ring (bicyclic) bond motifs is 1. The SMILES string of the molecule is CSCc1cccc(C(=O)N2CC[NH+](Cc3cccc4ccccc34)CC2)c1. The molecule has 3 nitrogen and oxygen atoms in total. The first-order chi connectivity index (χ1) is 13.7. The lowest BCUT2D eigenvalue weighted by molar-refractivity contribution is -0.917. The minimum Gasteiger partial charge on any atom is -0.328 e. The van der Waals surface area contributed by atoms with E-state index < -0.39 is 0 Å². The quantitative estimate of drug-likeness (QED) is 0.722. The Morgan fingerprint density at radius 1 is 1.00 bits per heavy atom. The monoisotopic (exact) mass is 391 g/mol. The predicted molar refractivity (Wildman–Crippen MR) is 118 cm³/mol. The third kappa shape index (κ3) is 4.23. The number of quaternary nitrogens is 1. The highest BCUT2D eigenvalue weighted by Gasteiger charge is 2.25. The molecule has 0 bridgehead atoms. The smallest absolute Gasteiger partial charge is 0.254 e. The molecule has 1 N–H and O–H groups in total. The predicted octanol–water partition coefficient (Wildman–Crippen LogP) is 3.24. The summed E-state index contributed by atoms with van der Waals surface area (Å²) in [7, 11) is 0. The lowest BCUT2D eigenvalue weighted by Crippen LogP contribution is -3.13. The molecule has 3 aromatic carbocycles. The Kier molecular flexibility index (Phi) is 5.98. The molecule has 0 atom stereocenters. The van der Waals surface area contributed by atoms with Crippen LogP contribution in [0.1, 0.15) is 21.5 Å². The van der Waals surface area contributed by atoms with E-state index in [1.807, 2.05) is 23.1 Å². The maximum absolute atomic E-state index is 12.9. The van der Waals surface area contributed by atoms with Crippen molar-refractivity contribution in [3.8, 4) is 0 Å². The normalized spacial score (nSPS) is 15.1. The third-order valence-electron chi connectivity index (χ3n) is 5.56. The number of carbonyl (C=O) groups excluding carboxylic acids is 1. The molecule has 4 rings (SSSR count). The van der Waals surface area contributed by atoms with Crippen LogP contribution in [-0.4, -0.2) is 43.2 Å². The number of nitrogens with zero attached hydrogens (tertiary/aromatic N) is 1. The summed E-state index contributed by atoms with van der Waals surface area (Å²) < 4.78 is 0. The van der Waals surface area contributed by atoms with Crippen molar-refractivity contribution in [2.24, 2.45) is 0 Å². The van der Waals surface area contributed by atoms with Gasteiger partial charge in [-0.05, 0) is 34.7 Å². The van der Waals surface area contributed by atoms with Crippen LogP contribution in [0, 0.1) is 0 Å². The lowest BCUT2D eigenvalue weighted by Gasteiger charge is -2.32. The van der Waals surface area contributed by atoms with Gasteiger partial charge in [0.05, 0.1) is 26.2 Å². The Bertz CT molecular complexity index is 958. The molecule has 0 aliphatic carbocycles. The zero-order valence-corrected chi connectivity index (χ0v) is 17.2. The number of nitrogens with one attached hydrogen (secondary N) is 1. The van der Waals surface area contributed by atoms with Crippen LogP contribution in [0.4, 0.5) is 0 Å². The first kappa shape index (κ1) is 19.0. The summed E-state index contributed by atoms with van der Waals surface area (Å²) in [5, 5.41) is 2.65. The number of rotatable bonds is 5. The van der Waals surface area contributed by atoms with Gasteiger partial charge in [0, 0.05) is 16.9 Å². The maximum atomic E-state index is 12.9. The van der Waals surface area contributed by atoms with Crippen LogP contribution in [0.15, 0.2) is 66.7 Å². The van der Waals surface area contributed by atoms with Crippen LogP contribution < -0.4 is 4.90 Å². The van der Waals surface area contributed by atoms with Crippen LogP contribution in [0.5, 0.6) is 0 Å². The van der Waals surface area contributed by atoms with Gasteiger partial charge in [-0.3, -0.25) is 4.79 Å². The first-order valence-corrected chi connectivity index (χ1v) is 11.3. The van der Waals surface area contributed by atoms with Gasteiger partial charge in [0.2, 0.25) is 0 Å². The number of hydrogen-bond donors (Lipinski definition) is 1. The summed E-state index contributed by atoms with van der Waals surface area (Å²) in [6.45, 7) is 4.67. The summed E-state index contributed by atoms with van der Waals surface area (Å²) in [5.41, 5.74) is 3.44. The number of carbonyl (C=O) groups is 1. The average molecular weight is 392 g/mol. The van der Waals surface area contributed by atoms with E-state index in [0.717, 1.165) is 44.0 Å². The van der Waals surface area contributed by atoms with E-state index >= 15 is 0 Å². The van der Waals surface area contributed by atoms with E-state index in [4.69, 9.17) is 0 Å². The van der Waals surface area contributed by atoms with E-state index in [1.54, 1.807) is 16.7 Å². The van der Waals surface area contributed by atoms with E-state index in [1.165, 1.54) is 21.9 Å². The van der Waals surface area contributed by atoms with Crippen molar-refractivity contribution in [1.29, 1.82) is 0 Å². The van der Waals surface area contributed by atoms with Crippen molar-refractivity contribution in [1.82, 2.24) is 4.90 Å². The molecule has 1 aliphatic heterocycles. The molecule has 0 unspecified atom stereocenters. The minimum atomic E-state index is 0.173. The zero-order valence-electron chi connectivity index (χ0n) is 16.4. The fourth-order valence-corrected chi connectivity index (χ4v) is 4.58. The Morgan fingerprint density at radius 2 is 1.75 bits per heavy atom. The minimum absolute atomic E-state index is 0.173. The lowest BCUT2D eigenvalue weighted by atomic mass is 10.0. The summed E-state index contributed by atoms with van der Waals surface area (Å²) in [6, 6.07) is 23.3. The molecule has 3 aromatic rings. The third-order valence-corrected chi connectivity index (χ3v) is 6.19. The number of hydrogen-bond acceptors (Lipinski definition) is 2. The van der Waals surface area contributed by atoms with E-state index in [0.29, 0.717) is 0 Å². The first-order valence-electron chi connectivity index (χ1n) is 9.92. The second-order valence-electron chi connectivity index (χ2n) is 7.49. The van der Waals surface area contributed by atoms with Gasteiger partial charge in [-0.25, -0.2) is 0 Å². The highest BCUT2D eigenvalue weighted by atomic mass is 32.2. The molecule has 1 heterocycles. The van der Waals surface area contributed by atoms with Crippen molar-refractivity contribution >= 4 is 28.4 Å². The van der Waals surface area contributed by atoms with Gasteiger partial charge in [-0.2, -0.15) is 11.8 Å². The van der Waals surface area contributed by atoms with Gasteiger partial charge in [0.15, 0.2) is 0 Å². The molecule has 0 saturated carbocycles. The Morgan fingerprint density at radius 3 is 2.57 bits per heavy atom. The summed E-state index contributed by atoms with van der Waals surface area (Å²) >= 11 is 1.78. The van der Waals surface area contributed by atoms with Crippen molar-refractivity contribution in [2.45, 2.75) is 12.3 Å². The zero-order chi connectivity index (χ0) is 19.3. The molecule has 4 heteroatoms. The van der Waals surface area contributed by atoms with E-state index in [-0.39, 0.29) is 5.91 Å². The van der Waals surface area contributed by atoms with Gasteiger partial charge in [0.1, 0.15) is 6.54 Å². The fraction of sp³-hybridized carbons (Fsp3) is 0.292. The van der Waals surface area contributed by atoms with Gasteiger partial charge in [-0.15, -0.1) is 0 Å². The van der Waals surface area contributed by atoms with Gasteiger partial charge in [-0.1, -0.05) is 54.6 Å². The van der Waals surface area contributed by atoms with Crippen LogP contribution in [-0.2, 0) is 12.3 Å². The van der Waals surface area contributed by atoms with E-state index in [9.17, 15) is 4.79 Å². The van der Waals surface area contributed by atoms with Crippen LogP contribution in [0.3, 0.4) is 0 Å². The molecular weight excluding hydrogens is 364 g/mol. The standard InChI is InChI=1S/C24H26N2OS/c1-28-18-19-6-4-9-21(16-19)24(27)26-14-12-25(13-15-26)17-22-10-5-8-20-7-2-3-11-23(20)22/h2-11,16H,12-15,17-18H2,1H3/p+1. The topological polar surface area (TPSA) is 24.8 Å². The molecule has 0 spiro atoms. The van der Waals surface area contributed by atoms with Crippen molar-refractivity contribution in [3.63, 3.8) is 0 Å². The van der Waals surface area contributed by atoms with E-state index in [2.05, 4.69) is 54.8 Å². The average Bonchev–Trinajstić information content (AvgIpc) is 2.74. The van der Waals surface area contributed by atoms with Gasteiger partial charge >= 0.3 is 0 Å². The molecule has 144 valence electrons. The van der Waals surface area contributed by atoms with Crippen molar-refractivity contribution < 1.29 is 9.69 Å². The van der Waals surface area contributed by atoms with Crippen LogP contribution in [0.2, 0.25) is 0 Å². The van der Waals surface area contributed by atoms with Gasteiger partial charge < -0.3 is 9.80 Å². The Balaban J connectivity index is 1.39. The highest BCUT2D eigenvalue weighted by molar-refractivity contribution is 7.97. The van der Waals surface area contributed by atoms with Gasteiger partial charge in [0.25, 0.3) is 5.91 Å². The second-order valence-corrected chi connectivity index (χ2v) is 8.36. The maximum Gasteiger partial charge on any atom is 0.254 e. The molecule has 0 aromatic heterocycles. The molecule has 0 radical (unpaired) electrons. The molecular formula is C24H27N2OS+. The fourth-order valence-electron chi connectivity index (χ4n) is 4.06. The molecule has 1 aliphatic rings. The molecule has 1 amide bonds. The van der Waals surface area contributed by atoms with Crippen LogP contribution in [0.25, 0.3) is 10.8 Å². The summed E-state index contributed by atoms with van der Waals surface area (Å²) in [5.74, 6) is 1.12.